The van der Waals surface area contributed by atoms with Crippen molar-refractivity contribution in [3.05, 3.63) is 46.1 Å². The highest BCUT2D eigenvalue weighted by molar-refractivity contribution is 5.61. The Morgan fingerprint density at radius 3 is 2.26 bits per heavy atom. The van der Waals surface area contributed by atoms with Crippen LogP contribution in [0.5, 0.6) is 0 Å². The van der Waals surface area contributed by atoms with E-state index >= 15 is 0 Å². The van der Waals surface area contributed by atoms with E-state index in [0.717, 1.165) is 0 Å². The number of nitrogens with two attached hydrogens (primary N) is 1. The fourth-order valence-electron chi connectivity index (χ4n) is 1.87. The zero-order valence-electron chi connectivity index (χ0n) is 11.1. The average Bonchev–Trinajstić information content (AvgIpc) is 2.68. The quantitative estimate of drug-likeness (QED) is 0.664. The lowest BCUT2D eigenvalue weighted by molar-refractivity contribution is -0.385. The molecule has 2 N–H and O–H groups in total. The molecule has 100 valence electrons. The lowest BCUT2D eigenvalue weighted by atomic mass is 9.91. The molecule has 0 fully saturated rings. The van der Waals surface area contributed by atoms with Crippen molar-refractivity contribution in [1.29, 1.82) is 0 Å². The van der Waals surface area contributed by atoms with Crippen molar-refractivity contribution in [3.8, 4) is 5.69 Å². The van der Waals surface area contributed by atoms with Crippen LogP contribution >= 0.6 is 0 Å². The van der Waals surface area contributed by atoms with E-state index in [-0.39, 0.29) is 11.5 Å². The summed E-state index contributed by atoms with van der Waals surface area (Å²) in [7, 11) is 0. The number of hydrogen-bond donors (Lipinski definition) is 1. The van der Waals surface area contributed by atoms with E-state index in [4.69, 9.17) is 5.73 Å². The first kappa shape index (κ1) is 13.1. The Bertz CT molecular complexity index is 612. The summed E-state index contributed by atoms with van der Waals surface area (Å²) in [4.78, 5) is 10.7. The molecule has 0 aliphatic heterocycles. The minimum atomic E-state index is -0.470. The molecular weight excluding hydrogens is 244 g/mol. The van der Waals surface area contributed by atoms with Gasteiger partial charge in [0.15, 0.2) is 0 Å². The van der Waals surface area contributed by atoms with E-state index < -0.39 is 10.3 Å². The highest BCUT2D eigenvalue weighted by Gasteiger charge is 2.33. The van der Waals surface area contributed by atoms with E-state index in [9.17, 15) is 10.1 Å². The summed E-state index contributed by atoms with van der Waals surface area (Å²) in [6, 6.07) is 9.14. The summed E-state index contributed by atoms with van der Waals surface area (Å²) in [5.41, 5.74) is 6.43. The number of nitrogen functional groups attached to an aromatic ring is 1. The molecule has 1 heterocycles. The number of nitrogens with zero attached hydrogens (tertiary/aromatic N) is 3. The van der Waals surface area contributed by atoms with Crippen LogP contribution in [-0.4, -0.2) is 14.7 Å². The predicted octanol–water partition coefficient (Wildman–Crippen LogP) is 2.66. The van der Waals surface area contributed by atoms with Gasteiger partial charge in [-0.3, -0.25) is 10.1 Å². The van der Waals surface area contributed by atoms with Crippen LogP contribution in [0.4, 0.5) is 11.5 Å². The SMILES string of the molecule is CC(C)(C)c1nn(-c2ccccc2)c(N)c1[N+](=O)[O-]. The summed E-state index contributed by atoms with van der Waals surface area (Å²) in [6.07, 6.45) is 0. The first-order chi connectivity index (χ1) is 8.82. The summed E-state index contributed by atoms with van der Waals surface area (Å²) in [5, 5.41) is 15.5. The first-order valence-corrected chi connectivity index (χ1v) is 5.91. The summed E-state index contributed by atoms with van der Waals surface area (Å²) in [6.45, 7) is 5.62. The Balaban J connectivity index is 2.70. The number of anilines is 1. The third-order valence-corrected chi connectivity index (χ3v) is 2.79. The van der Waals surface area contributed by atoms with Gasteiger partial charge in [-0.15, -0.1) is 0 Å². The molecule has 0 atom stereocenters. The highest BCUT2D eigenvalue weighted by Crippen LogP contribution is 2.35. The molecule has 2 rings (SSSR count). The summed E-state index contributed by atoms with van der Waals surface area (Å²) in [5.74, 6) is 0.0566. The average molecular weight is 260 g/mol. The molecule has 1 aromatic carbocycles. The fraction of sp³-hybridized carbons (Fsp3) is 0.308. The van der Waals surface area contributed by atoms with E-state index in [1.807, 2.05) is 39.0 Å². The Kier molecular flexibility index (Phi) is 3.01. The maximum absolute atomic E-state index is 11.2. The molecule has 0 aliphatic rings. The lowest BCUT2D eigenvalue weighted by Gasteiger charge is -2.13. The first-order valence-electron chi connectivity index (χ1n) is 5.91. The molecule has 0 radical (unpaired) electrons. The minimum absolute atomic E-state index is 0.0566. The molecule has 0 saturated carbocycles. The van der Waals surface area contributed by atoms with Crippen molar-refractivity contribution in [1.82, 2.24) is 9.78 Å². The number of para-hydroxylation sites is 1. The van der Waals surface area contributed by atoms with Gasteiger partial charge in [0.05, 0.1) is 10.6 Å². The second-order valence-corrected chi connectivity index (χ2v) is 5.34. The van der Waals surface area contributed by atoms with Crippen LogP contribution in [0.2, 0.25) is 0 Å². The maximum atomic E-state index is 11.2. The standard InChI is InChI=1S/C13H16N4O2/c1-13(2,3)11-10(17(18)19)12(14)16(15-11)9-7-5-4-6-8-9/h4-8H,14H2,1-3H3. The molecular formula is C13H16N4O2. The van der Waals surface area contributed by atoms with Gasteiger partial charge in [-0.25, -0.2) is 4.68 Å². The zero-order chi connectivity index (χ0) is 14.2. The monoisotopic (exact) mass is 260 g/mol. The second kappa shape index (κ2) is 4.38. The Morgan fingerprint density at radius 1 is 1.26 bits per heavy atom. The van der Waals surface area contributed by atoms with Gasteiger partial charge in [-0.2, -0.15) is 5.10 Å². The van der Waals surface area contributed by atoms with Gasteiger partial charge in [0.2, 0.25) is 5.82 Å². The maximum Gasteiger partial charge on any atom is 0.334 e. The third kappa shape index (κ3) is 2.29. The molecule has 1 aromatic heterocycles. The van der Waals surface area contributed by atoms with Crippen LogP contribution in [0.25, 0.3) is 5.69 Å². The van der Waals surface area contributed by atoms with Crippen molar-refractivity contribution in [3.63, 3.8) is 0 Å². The van der Waals surface area contributed by atoms with Gasteiger partial charge < -0.3 is 5.73 Å². The van der Waals surface area contributed by atoms with Crippen LogP contribution in [0.15, 0.2) is 30.3 Å². The number of rotatable bonds is 2. The van der Waals surface area contributed by atoms with Gasteiger partial charge >= 0.3 is 5.69 Å². The van der Waals surface area contributed by atoms with Crippen molar-refractivity contribution in [2.45, 2.75) is 26.2 Å². The zero-order valence-corrected chi connectivity index (χ0v) is 11.1. The van der Waals surface area contributed by atoms with Crippen LogP contribution in [0, 0.1) is 10.1 Å². The fourth-order valence-corrected chi connectivity index (χ4v) is 1.87. The van der Waals surface area contributed by atoms with Crippen LogP contribution in [-0.2, 0) is 5.41 Å². The van der Waals surface area contributed by atoms with E-state index in [0.29, 0.717) is 11.4 Å². The van der Waals surface area contributed by atoms with Gasteiger partial charge in [0, 0.05) is 5.41 Å². The number of hydrogen-bond acceptors (Lipinski definition) is 4. The molecule has 0 amide bonds. The molecule has 0 spiro atoms. The largest absolute Gasteiger partial charge is 0.378 e. The van der Waals surface area contributed by atoms with Crippen molar-refractivity contribution < 1.29 is 4.92 Å². The van der Waals surface area contributed by atoms with Crippen molar-refractivity contribution in [2.24, 2.45) is 0 Å². The molecule has 6 nitrogen and oxygen atoms in total. The highest BCUT2D eigenvalue weighted by atomic mass is 16.6. The van der Waals surface area contributed by atoms with Crippen molar-refractivity contribution >= 4 is 11.5 Å². The summed E-state index contributed by atoms with van der Waals surface area (Å²) >= 11 is 0. The number of benzene rings is 1. The Morgan fingerprint density at radius 2 is 1.84 bits per heavy atom. The molecule has 0 saturated heterocycles. The van der Waals surface area contributed by atoms with Gasteiger partial charge in [-0.1, -0.05) is 39.0 Å². The Labute approximate surface area is 111 Å². The molecule has 0 bridgehead atoms. The van der Waals surface area contributed by atoms with Crippen LogP contribution in [0.1, 0.15) is 26.5 Å². The van der Waals surface area contributed by atoms with Gasteiger partial charge in [-0.05, 0) is 12.1 Å². The Hall–Kier alpha value is -2.37. The van der Waals surface area contributed by atoms with E-state index in [2.05, 4.69) is 5.10 Å². The summed E-state index contributed by atoms with van der Waals surface area (Å²) < 4.78 is 1.42. The number of aromatic nitrogens is 2. The minimum Gasteiger partial charge on any atom is -0.378 e. The molecule has 6 heteroatoms. The number of nitro groups is 1. The topological polar surface area (TPSA) is 87.0 Å². The molecule has 2 aromatic rings. The van der Waals surface area contributed by atoms with Gasteiger partial charge in [0.25, 0.3) is 0 Å². The van der Waals surface area contributed by atoms with Crippen LogP contribution in [0.3, 0.4) is 0 Å². The molecule has 0 unspecified atom stereocenters. The normalized spacial score (nSPS) is 11.5. The lowest BCUT2D eigenvalue weighted by Crippen LogP contribution is -2.14. The third-order valence-electron chi connectivity index (χ3n) is 2.79. The molecule has 19 heavy (non-hydrogen) atoms. The van der Waals surface area contributed by atoms with Gasteiger partial charge in [0.1, 0.15) is 5.69 Å². The smallest absolute Gasteiger partial charge is 0.334 e. The van der Waals surface area contributed by atoms with Crippen molar-refractivity contribution in [2.75, 3.05) is 5.73 Å². The predicted molar refractivity (Wildman–Crippen MR) is 73.3 cm³/mol. The molecule has 0 aliphatic carbocycles. The van der Waals surface area contributed by atoms with Crippen LogP contribution < -0.4 is 5.73 Å². The van der Waals surface area contributed by atoms with E-state index in [1.165, 1.54) is 4.68 Å². The second-order valence-electron chi connectivity index (χ2n) is 5.34. The van der Waals surface area contributed by atoms with E-state index in [1.54, 1.807) is 12.1 Å².